The predicted octanol–water partition coefficient (Wildman–Crippen LogP) is 7.55. The summed E-state index contributed by atoms with van der Waals surface area (Å²) in [5.74, 6) is 3.83. The van der Waals surface area contributed by atoms with Gasteiger partial charge >= 0.3 is 0 Å². The molecule has 9 atom stereocenters. The number of fused-ring (bicyclic) bond motifs is 7. The minimum absolute atomic E-state index is 0.131. The third-order valence-electron chi connectivity index (χ3n) is 15.6. The van der Waals surface area contributed by atoms with Crippen LogP contribution in [-0.2, 0) is 9.84 Å². The number of hydrogen-bond acceptors (Lipinski definition) is 5. The minimum atomic E-state index is -2.93. The average Bonchev–Trinajstić information content (AvgIpc) is 3.31. The van der Waals surface area contributed by atoms with Gasteiger partial charge in [-0.3, -0.25) is 0 Å². The van der Waals surface area contributed by atoms with Gasteiger partial charge in [0.05, 0.1) is 11.0 Å². The van der Waals surface area contributed by atoms with Crippen molar-refractivity contribution >= 4 is 9.84 Å². The van der Waals surface area contributed by atoms with Crippen LogP contribution in [0, 0.1) is 51.2 Å². The lowest BCUT2D eigenvalue weighted by Gasteiger charge is -2.72. The van der Waals surface area contributed by atoms with Crippen LogP contribution >= 0.6 is 0 Å². The SMILES string of the molecule is C=C(C)[C@@H]1CC[C@]2(NCCN3CCC(S(C)(=O)=O)CC3)CC[C@]3(C)[C@H](CC[C@@H]4[C@@]5(C)CC=C(O)C(C)(C)[C@@H]5CC[C@]43C)[C@@H]12. The Bertz CT molecular complexity index is 1250. The lowest BCUT2D eigenvalue weighted by Crippen LogP contribution is -2.68. The third kappa shape index (κ3) is 4.76. The van der Waals surface area contributed by atoms with Gasteiger partial charge in [0.15, 0.2) is 0 Å². The molecule has 5 nitrogen and oxygen atoms in total. The number of sulfone groups is 1. The first-order chi connectivity index (χ1) is 20.0. The first-order valence-corrected chi connectivity index (χ1v) is 19.7. The molecule has 1 saturated heterocycles. The highest BCUT2D eigenvalue weighted by Crippen LogP contribution is 2.76. The van der Waals surface area contributed by atoms with E-state index >= 15 is 0 Å². The van der Waals surface area contributed by atoms with Crippen molar-refractivity contribution < 1.29 is 13.5 Å². The van der Waals surface area contributed by atoms with Gasteiger partial charge in [0, 0.05) is 30.3 Å². The summed E-state index contributed by atoms with van der Waals surface area (Å²) in [6, 6.07) is 0. The van der Waals surface area contributed by atoms with Crippen LogP contribution in [0.4, 0.5) is 0 Å². The molecule has 0 aromatic heterocycles. The van der Waals surface area contributed by atoms with Crippen molar-refractivity contribution in [3.05, 3.63) is 24.0 Å². The molecule has 0 spiro atoms. The molecule has 0 unspecified atom stereocenters. The highest BCUT2D eigenvalue weighted by Gasteiger charge is 2.70. The van der Waals surface area contributed by atoms with Crippen LogP contribution in [0.3, 0.4) is 0 Å². The summed E-state index contributed by atoms with van der Waals surface area (Å²) >= 11 is 0. The van der Waals surface area contributed by atoms with E-state index in [-0.39, 0.29) is 21.6 Å². The maximum Gasteiger partial charge on any atom is 0.150 e. The lowest BCUT2D eigenvalue weighted by atomic mass is 9.33. The molecular formula is C37H62N2O3S. The molecule has 2 N–H and O–H groups in total. The second-order valence-electron chi connectivity index (χ2n) is 17.7. The standard InChI is InChI=1S/C37H62N2O3S/c1-25(2)27-11-18-37(38-21-24-39-22-14-26(15-23-39)43(8,41)42)20-19-35(6)28(32(27)37)9-10-30-34(5)16-13-31(40)33(3,4)29(34)12-17-36(30,35)7/h13,26-30,32,38,40H,1,9-12,14-24H2,2-8H3/t27-,28+,29-,30+,32+,34-,35+,36+,37-/m0/s1. The van der Waals surface area contributed by atoms with Crippen LogP contribution in [0.1, 0.15) is 112 Å². The van der Waals surface area contributed by atoms with E-state index in [4.69, 9.17) is 0 Å². The molecule has 1 aliphatic heterocycles. The van der Waals surface area contributed by atoms with Gasteiger partial charge in [0.2, 0.25) is 0 Å². The van der Waals surface area contributed by atoms with Gasteiger partial charge in [0.25, 0.3) is 0 Å². The highest BCUT2D eigenvalue weighted by molar-refractivity contribution is 7.91. The topological polar surface area (TPSA) is 69.6 Å². The number of rotatable bonds is 6. The normalized spacial score (nSPS) is 46.7. The van der Waals surface area contributed by atoms with Crippen molar-refractivity contribution in [2.45, 2.75) is 123 Å². The molecule has 244 valence electrons. The molecular weight excluding hydrogens is 552 g/mol. The Balaban J connectivity index is 1.22. The molecule has 0 aromatic rings. The smallest absolute Gasteiger partial charge is 0.150 e. The summed E-state index contributed by atoms with van der Waals surface area (Å²) in [4.78, 5) is 2.49. The van der Waals surface area contributed by atoms with E-state index in [0.29, 0.717) is 46.2 Å². The number of allylic oxidation sites excluding steroid dienone is 3. The van der Waals surface area contributed by atoms with Gasteiger partial charge in [-0.25, -0.2) is 8.42 Å². The van der Waals surface area contributed by atoms with Gasteiger partial charge < -0.3 is 15.3 Å². The lowest BCUT2D eigenvalue weighted by molar-refractivity contribution is -0.223. The molecule has 0 aromatic carbocycles. The fourth-order valence-corrected chi connectivity index (χ4v) is 14.1. The summed E-state index contributed by atoms with van der Waals surface area (Å²) in [6.45, 7) is 23.3. The van der Waals surface area contributed by atoms with Gasteiger partial charge in [-0.15, -0.1) is 0 Å². The summed E-state index contributed by atoms with van der Waals surface area (Å²) in [7, 11) is -2.93. The monoisotopic (exact) mass is 614 g/mol. The Labute approximate surface area is 263 Å². The largest absolute Gasteiger partial charge is 0.512 e. The van der Waals surface area contributed by atoms with Gasteiger partial charge in [0.1, 0.15) is 9.84 Å². The van der Waals surface area contributed by atoms with Crippen molar-refractivity contribution in [2.24, 2.45) is 51.2 Å². The molecule has 0 bridgehead atoms. The van der Waals surface area contributed by atoms with Gasteiger partial charge in [-0.05, 0) is 143 Å². The molecule has 5 fully saturated rings. The van der Waals surface area contributed by atoms with Crippen molar-refractivity contribution in [3.63, 3.8) is 0 Å². The zero-order valence-corrected chi connectivity index (χ0v) is 29.3. The number of hydrogen-bond donors (Lipinski definition) is 2. The summed E-state index contributed by atoms with van der Waals surface area (Å²) in [5, 5.41) is 15.0. The number of nitrogens with one attached hydrogen (secondary N) is 1. The molecule has 43 heavy (non-hydrogen) atoms. The van der Waals surface area contributed by atoms with Crippen LogP contribution in [0.2, 0.25) is 0 Å². The fraction of sp³-hybridized carbons (Fsp3) is 0.892. The van der Waals surface area contributed by atoms with Crippen molar-refractivity contribution in [3.8, 4) is 0 Å². The molecule has 0 radical (unpaired) electrons. The van der Waals surface area contributed by atoms with E-state index < -0.39 is 9.84 Å². The van der Waals surface area contributed by atoms with E-state index in [9.17, 15) is 13.5 Å². The zero-order valence-electron chi connectivity index (χ0n) is 28.5. The van der Waals surface area contributed by atoms with E-state index in [0.717, 1.165) is 45.4 Å². The van der Waals surface area contributed by atoms with E-state index in [1.807, 2.05) is 0 Å². The zero-order chi connectivity index (χ0) is 31.2. The Morgan fingerprint density at radius 3 is 2.30 bits per heavy atom. The Morgan fingerprint density at radius 2 is 1.65 bits per heavy atom. The third-order valence-corrected chi connectivity index (χ3v) is 17.3. The van der Waals surface area contributed by atoms with E-state index in [1.165, 1.54) is 63.2 Å². The first-order valence-electron chi connectivity index (χ1n) is 17.7. The van der Waals surface area contributed by atoms with Crippen LogP contribution < -0.4 is 5.32 Å². The maximum absolute atomic E-state index is 12.1. The minimum Gasteiger partial charge on any atom is -0.512 e. The first kappa shape index (κ1) is 32.1. The summed E-state index contributed by atoms with van der Waals surface area (Å²) < 4.78 is 24.1. The van der Waals surface area contributed by atoms with Crippen LogP contribution in [0.25, 0.3) is 0 Å². The van der Waals surface area contributed by atoms with Crippen LogP contribution in [0.5, 0.6) is 0 Å². The van der Waals surface area contributed by atoms with Gasteiger partial charge in [-0.2, -0.15) is 0 Å². The number of piperidine rings is 1. The molecule has 6 rings (SSSR count). The number of likely N-dealkylation sites (tertiary alicyclic amines) is 1. The second-order valence-corrected chi connectivity index (χ2v) is 20.0. The second kappa shape index (κ2) is 10.6. The van der Waals surface area contributed by atoms with Crippen molar-refractivity contribution in [2.75, 3.05) is 32.4 Å². The molecule has 0 amide bonds. The van der Waals surface area contributed by atoms with Gasteiger partial charge in [-0.1, -0.05) is 46.8 Å². The number of aliphatic hydroxyl groups excluding tert-OH is 1. The Morgan fingerprint density at radius 1 is 0.953 bits per heavy atom. The number of nitrogens with zero attached hydrogens (tertiary/aromatic N) is 1. The van der Waals surface area contributed by atoms with Crippen molar-refractivity contribution in [1.29, 1.82) is 0 Å². The Hall–Kier alpha value is -0.850. The fourth-order valence-electron chi connectivity index (χ4n) is 13.1. The van der Waals surface area contributed by atoms with E-state index in [2.05, 4.69) is 64.4 Å². The molecule has 5 aliphatic carbocycles. The Kier molecular flexibility index (Phi) is 7.91. The molecule has 6 heteroatoms. The molecule has 1 heterocycles. The van der Waals surface area contributed by atoms with Crippen LogP contribution in [0.15, 0.2) is 24.0 Å². The summed E-state index contributed by atoms with van der Waals surface area (Å²) in [6.07, 6.45) is 16.4. The predicted molar refractivity (Wildman–Crippen MR) is 178 cm³/mol. The highest BCUT2D eigenvalue weighted by atomic mass is 32.2. The van der Waals surface area contributed by atoms with Crippen LogP contribution in [-0.4, -0.2) is 61.6 Å². The number of aliphatic hydroxyl groups is 1. The average molecular weight is 615 g/mol. The van der Waals surface area contributed by atoms with Crippen molar-refractivity contribution in [1.82, 2.24) is 10.2 Å². The van der Waals surface area contributed by atoms with E-state index in [1.54, 1.807) is 0 Å². The summed E-state index contributed by atoms with van der Waals surface area (Å²) in [5.41, 5.74) is 2.34. The molecule has 4 saturated carbocycles. The quantitative estimate of drug-likeness (QED) is 0.303. The maximum atomic E-state index is 12.1. The molecule has 6 aliphatic rings.